The Balaban J connectivity index is 1.55. The van der Waals surface area contributed by atoms with Gasteiger partial charge in [0.25, 0.3) is 5.91 Å². The van der Waals surface area contributed by atoms with Crippen molar-refractivity contribution in [1.82, 2.24) is 9.80 Å². The molecule has 0 saturated carbocycles. The Labute approximate surface area is 152 Å². The maximum Gasteiger partial charge on any atom is 0.253 e. The molecule has 0 N–H and O–H groups in total. The highest BCUT2D eigenvalue weighted by atomic mass is 16.5. The third kappa shape index (κ3) is 4.24. The van der Waals surface area contributed by atoms with Crippen LogP contribution < -0.4 is 0 Å². The summed E-state index contributed by atoms with van der Waals surface area (Å²) in [6.07, 6.45) is 3.67. The van der Waals surface area contributed by atoms with Crippen LogP contribution in [0.5, 0.6) is 0 Å². The van der Waals surface area contributed by atoms with Crippen molar-refractivity contribution < 1.29 is 9.53 Å². The molecule has 2 aliphatic rings. The van der Waals surface area contributed by atoms with Crippen LogP contribution in [0.4, 0.5) is 0 Å². The number of ether oxygens (including phenoxy) is 1. The SMILES string of the molecule is COC1CCN(C2CCN(C(=O)c3ccc(C(C)(C)C)cc3)CC2)C1. The third-order valence-corrected chi connectivity index (χ3v) is 5.78. The van der Waals surface area contributed by atoms with E-state index < -0.39 is 0 Å². The first-order valence-electron chi connectivity index (χ1n) is 9.55. The lowest BCUT2D eigenvalue weighted by Gasteiger charge is -2.36. The maximum atomic E-state index is 12.8. The molecule has 0 aliphatic carbocycles. The third-order valence-electron chi connectivity index (χ3n) is 5.78. The molecule has 4 heteroatoms. The summed E-state index contributed by atoms with van der Waals surface area (Å²) in [5.74, 6) is 0.176. The molecule has 2 saturated heterocycles. The van der Waals surface area contributed by atoms with Crippen LogP contribution in [0.2, 0.25) is 0 Å². The second-order valence-corrected chi connectivity index (χ2v) is 8.49. The van der Waals surface area contributed by atoms with Gasteiger partial charge in [-0.1, -0.05) is 32.9 Å². The number of methoxy groups -OCH3 is 1. The molecular weight excluding hydrogens is 312 g/mol. The van der Waals surface area contributed by atoms with Crippen LogP contribution >= 0.6 is 0 Å². The zero-order valence-corrected chi connectivity index (χ0v) is 16.1. The van der Waals surface area contributed by atoms with E-state index in [9.17, 15) is 4.79 Å². The van der Waals surface area contributed by atoms with Crippen molar-refractivity contribution >= 4 is 5.91 Å². The minimum Gasteiger partial charge on any atom is -0.380 e. The molecule has 3 rings (SSSR count). The lowest BCUT2D eigenvalue weighted by molar-refractivity contribution is 0.0603. The number of hydrogen-bond donors (Lipinski definition) is 0. The maximum absolute atomic E-state index is 12.8. The predicted octanol–water partition coefficient (Wildman–Crippen LogP) is 3.31. The zero-order chi connectivity index (χ0) is 18.0. The van der Waals surface area contributed by atoms with E-state index in [1.54, 1.807) is 7.11 Å². The summed E-state index contributed by atoms with van der Waals surface area (Å²) >= 11 is 0. The fraction of sp³-hybridized carbons (Fsp3) is 0.667. The molecule has 1 aromatic carbocycles. The molecule has 1 atom stereocenters. The normalized spacial score (nSPS) is 23.2. The van der Waals surface area contributed by atoms with Crippen molar-refractivity contribution in [1.29, 1.82) is 0 Å². The second kappa shape index (κ2) is 7.46. The van der Waals surface area contributed by atoms with Gasteiger partial charge < -0.3 is 9.64 Å². The summed E-state index contributed by atoms with van der Waals surface area (Å²) in [6, 6.07) is 8.76. The first kappa shape index (κ1) is 18.4. The first-order chi connectivity index (χ1) is 11.9. The van der Waals surface area contributed by atoms with Crippen molar-refractivity contribution in [3.05, 3.63) is 35.4 Å². The molecule has 2 fully saturated rings. The van der Waals surface area contributed by atoms with E-state index in [4.69, 9.17) is 4.74 Å². The predicted molar refractivity (Wildman–Crippen MR) is 101 cm³/mol. The van der Waals surface area contributed by atoms with Crippen molar-refractivity contribution in [2.75, 3.05) is 33.3 Å². The number of carbonyl (C=O) groups is 1. The quantitative estimate of drug-likeness (QED) is 0.843. The minimum absolute atomic E-state index is 0.121. The number of carbonyl (C=O) groups excluding carboxylic acids is 1. The number of likely N-dealkylation sites (tertiary alicyclic amines) is 2. The number of hydrogen-bond acceptors (Lipinski definition) is 3. The fourth-order valence-electron chi connectivity index (χ4n) is 4.01. The molecule has 2 aliphatic heterocycles. The number of piperidine rings is 1. The molecule has 0 spiro atoms. The first-order valence-corrected chi connectivity index (χ1v) is 9.55. The Morgan fingerprint density at radius 2 is 1.68 bits per heavy atom. The van der Waals surface area contributed by atoms with E-state index in [0.717, 1.165) is 51.0 Å². The van der Waals surface area contributed by atoms with E-state index in [1.165, 1.54) is 5.56 Å². The summed E-state index contributed by atoms with van der Waals surface area (Å²) in [7, 11) is 1.81. The summed E-state index contributed by atoms with van der Waals surface area (Å²) in [4.78, 5) is 17.3. The van der Waals surface area contributed by atoms with Gasteiger partial charge in [-0.05, 0) is 42.4 Å². The topological polar surface area (TPSA) is 32.8 Å². The number of benzene rings is 1. The molecule has 1 unspecified atom stereocenters. The van der Waals surface area contributed by atoms with E-state index in [0.29, 0.717) is 12.1 Å². The standard InChI is InChI=1S/C21H32N2O2/c1-21(2,3)17-7-5-16(6-8-17)20(24)22-12-9-18(10-13-22)23-14-11-19(15-23)25-4/h5-8,18-19H,9-15H2,1-4H3. The molecule has 0 bridgehead atoms. The second-order valence-electron chi connectivity index (χ2n) is 8.49. The average molecular weight is 344 g/mol. The van der Waals surface area contributed by atoms with Crippen LogP contribution in [0.25, 0.3) is 0 Å². The Kier molecular flexibility index (Phi) is 5.49. The van der Waals surface area contributed by atoms with Gasteiger partial charge in [-0.25, -0.2) is 0 Å². The Hall–Kier alpha value is -1.39. The monoisotopic (exact) mass is 344 g/mol. The van der Waals surface area contributed by atoms with Gasteiger partial charge in [-0.3, -0.25) is 9.69 Å². The van der Waals surface area contributed by atoms with Crippen molar-refractivity contribution in [3.8, 4) is 0 Å². The lowest BCUT2D eigenvalue weighted by Crippen LogP contribution is -2.46. The Morgan fingerprint density at radius 1 is 1.04 bits per heavy atom. The van der Waals surface area contributed by atoms with Gasteiger partial charge in [0.1, 0.15) is 0 Å². The summed E-state index contributed by atoms with van der Waals surface area (Å²) < 4.78 is 5.48. The summed E-state index contributed by atoms with van der Waals surface area (Å²) in [6.45, 7) is 10.5. The Morgan fingerprint density at radius 3 is 2.20 bits per heavy atom. The van der Waals surface area contributed by atoms with Crippen LogP contribution in [0.3, 0.4) is 0 Å². The molecule has 25 heavy (non-hydrogen) atoms. The van der Waals surface area contributed by atoms with Crippen LogP contribution in [-0.4, -0.2) is 61.1 Å². The Bertz CT molecular complexity index is 583. The summed E-state index contributed by atoms with van der Waals surface area (Å²) in [5.41, 5.74) is 2.20. The van der Waals surface area contributed by atoms with Crippen molar-refractivity contribution in [2.45, 2.75) is 57.6 Å². The molecule has 0 radical (unpaired) electrons. The molecule has 0 aromatic heterocycles. The highest BCUT2D eigenvalue weighted by molar-refractivity contribution is 5.94. The molecule has 1 aromatic rings. The van der Waals surface area contributed by atoms with Gasteiger partial charge in [-0.15, -0.1) is 0 Å². The fourth-order valence-corrected chi connectivity index (χ4v) is 4.01. The van der Waals surface area contributed by atoms with Crippen LogP contribution in [-0.2, 0) is 10.2 Å². The highest BCUT2D eigenvalue weighted by Crippen LogP contribution is 2.25. The smallest absolute Gasteiger partial charge is 0.253 e. The largest absolute Gasteiger partial charge is 0.380 e. The van der Waals surface area contributed by atoms with Crippen molar-refractivity contribution in [3.63, 3.8) is 0 Å². The molecular formula is C21H32N2O2. The minimum atomic E-state index is 0.121. The van der Waals surface area contributed by atoms with Gasteiger partial charge in [-0.2, -0.15) is 0 Å². The van der Waals surface area contributed by atoms with E-state index in [1.807, 2.05) is 17.0 Å². The average Bonchev–Trinajstić information content (AvgIpc) is 3.10. The zero-order valence-electron chi connectivity index (χ0n) is 16.1. The van der Waals surface area contributed by atoms with Gasteiger partial charge in [0.2, 0.25) is 0 Å². The van der Waals surface area contributed by atoms with E-state index in [-0.39, 0.29) is 11.3 Å². The van der Waals surface area contributed by atoms with Gasteiger partial charge in [0.05, 0.1) is 6.10 Å². The van der Waals surface area contributed by atoms with Gasteiger partial charge >= 0.3 is 0 Å². The lowest BCUT2D eigenvalue weighted by atomic mass is 9.86. The van der Waals surface area contributed by atoms with Crippen LogP contribution in [0.15, 0.2) is 24.3 Å². The van der Waals surface area contributed by atoms with Crippen LogP contribution in [0, 0.1) is 0 Å². The molecule has 1 amide bonds. The highest BCUT2D eigenvalue weighted by Gasteiger charge is 2.32. The van der Waals surface area contributed by atoms with Gasteiger partial charge in [0, 0.05) is 44.9 Å². The summed E-state index contributed by atoms with van der Waals surface area (Å²) in [5, 5.41) is 0. The van der Waals surface area contributed by atoms with Gasteiger partial charge in [0.15, 0.2) is 0 Å². The molecule has 2 heterocycles. The van der Waals surface area contributed by atoms with Crippen molar-refractivity contribution in [2.24, 2.45) is 0 Å². The number of rotatable bonds is 3. The van der Waals surface area contributed by atoms with Crippen LogP contribution in [0.1, 0.15) is 56.0 Å². The number of amides is 1. The van der Waals surface area contributed by atoms with E-state index >= 15 is 0 Å². The number of nitrogens with zero attached hydrogens (tertiary/aromatic N) is 2. The van der Waals surface area contributed by atoms with E-state index in [2.05, 4.69) is 37.8 Å². The molecule has 138 valence electrons. The molecule has 4 nitrogen and oxygen atoms in total.